The Kier molecular flexibility index (Phi) is 5.50. The third-order valence-electron chi connectivity index (χ3n) is 4.65. The van der Waals surface area contributed by atoms with Gasteiger partial charge in [-0.05, 0) is 54.7 Å². The van der Waals surface area contributed by atoms with Crippen LogP contribution < -0.4 is 0 Å². The van der Waals surface area contributed by atoms with Crippen molar-refractivity contribution in [2.75, 3.05) is 0 Å². The Morgan fingerprint density at radius 2 is 1.63 bits per heavy atom. The molecule has 2 aromatic carbocycles. The Morgan fingerprint density at radius 1 is 1.04 bits per heavy atom. The average Bonchev–Trinajstić information content (AvgIpc) is 3.49. The first kappa shape index (κ1) is 19.0. The van der Waals surface area contributed by atoms with Crippen molar-refractivity contribution in [3.8, 4) is 6.07 Å². The van der Waals surface area contributed by atoms with Gasteiger partial charge in [0.05, 0.1) is 17.2 Å². The summed E-state index contributed by atoms with van der Waals surface area (Å²) < 4.78 is 38.0. The molecular weight excluding hydrogens is 353 g/mol. The van der Waals surface area contributed by atoms with Crippen LogP contribution in [0.25, 0.3) is 0 Å². The van der Waals surface area contributed by atoms with E-state index in [1.54, 1.807) is 17.0 Å². The number of carbonyl (C=O) groups is 1. The number of hydrogen-bond donors (Lipinski definition) is 0. The molecule has 0 heterocycles. The van der Waals surface area contributed by atoms with Crippen LogP contribution in [-0.2, 0) is 23.9 Å². The fraction of sp³-hybridized carbons (Fsp3) is 0.333. The van der Waals surface area contributed by atoms with Gasteiger partial charge in [-0.1, -0.05) is 24.3 Å². The number of benzene rings is 2. The van der Waals surface area contributed by atoms with E-state index < -0.39 is 11.7 Å². The molecule has 3 nitrogen and oxygen atoms in total. The van der Waals surface area contributed by atoms with Crippen LogP contribution in [0.5, 0.6) is 0 Å². The predicted octanol–water partition coefficient (Wildman–Crippen LogP) is 4.70. The molecule has 3 rings (SSSR count). The van der Waals surface area contributed by atoms with E-state index in [4.69, 9.17) is 5.26 Å². The fourth-order valence-corrected chi connectivity index (χ4v) is 2.94. The molecule has 0 spiro atoms. The van der Waals surface area contributed by atoms with Crippen LogP contribution in [0, 0.1) is 11.3 Å². The molecule has 1 saturated carbocycles. The largest absolute Gasteiger partial charge is 0.416 e. The monoisotopic (exact) mass is 372 g/mol. The zero-order chi connectivity index (χ0) is 19.4. The number of amides is 1. The van der Waals surface area contributed by atoms with Crippen LogP contribution in [0.4, 0.5) is 13.2 Å². The van der Waals surface area contributed by atoms with Gasteiger partial charge in [-0.2, -0.15) is 18.4 Å². The van der Waals surface area contributed by atoms with Gasteiger partial charge in [0.15, 0.2) is 0 Å². The van der Waals surface area contributed by atoms with Crippen molar-refractivity contribution in [2.24, 2.45) is 0 Å². The molecule has 0 bridgehead atoms. The van der Waals surface area contributed by atoms with E-state index in [-0.39, 0.29) is 11.9 Å². The van der Waals surface area contributed by atoms with Crippen molar-refractivity contribution in [2.45, 2.75) is 44.4 Å². The second-order valence-corrected chi connectivity index (χ2v) is 6.76. The van der Waals surface area contributed by atoms with Gasteiger partial charge in [0.1, 0.15) is 0 Å². The maximum absolute atomic E-state index is 12.7. The molecule has 0 aliphatic heterocycles. The zero-order valence-corrected chi connectivity index (χ0v) is 14.7. The Bertz CT molecular complexity index is 832. The van der Waals surface area contributed by atoms with Gasteiger partial charge in [0, 0.05) is 19.0 Å². The van der Waals surface area contributed by atoms with Crippen molar-refractivity contribution in [3.05, 3.63) is 70.8 Å². The molecule has 1 aliphatic carbocycles. The van der Waals surface area contributed by atoms with E-state index in [0.717, 1.165) is 30.5 Å². The number of halogens is 3. The van der Waals surface area contributed by atoms with Crippen molar-refractivity contribution in [3.63, 3.8) is 0 Å². The van der Waals surface area contributed by atoms with Crippen LogP contribution in [0.2, 0.25) is 0 Å². The van der Waals surface area contributed by atoms with Gasteiger partial charge >= 0.3 is 6.18 Å². The highest BCUT2D eigenvalue weighted by atomic mass is 19.4. The topological polar surface area (TPSA) is 44.1 Å². The second-order valence-electron chi connectivity index (χ2n) is 6.76. The van der Waals surface area contributed by atoms with E-state index in [2.05, 4.69) is 6.07 Å². The number of nitriles is 1. The molecular formula is C21H19F3N2O. The lowest BCUT2D eigenvalue weighted by molar-refractivity contribution is -0.137. The van der Waals surface area contributed by atoms with E-state index in [1.807, 2.05) is 12.1 Å². The van der Waals surface area contributed by atoms with Gasteiger partial charge < -0.3 is 4.90 Å². The van der Waals surface area contributed by atoms with Crippen molar-refractivity contribution < 1.29 is 18.0 Å². The van der Waals surface area contributed by atoms with Crippen LogP contribution in [-0.4, -0.2) is 16.8 Å². The summed E-state index contributed by atoms with van der Waals surface area (Å²) in [5, 5.41) is 8.82. The van der Waals surface area contributed by atoms with Gasteiger partial charge in [0.25, 0.3) is 0 Å². The third kappa shape index (κ3) is 5.10. The highest BCUT2D eigenvalue weighted by molar-refractivity contribution is 5.77. The van der Waals surface area contributed by atoms with Crippen molar-refractivity contribution in [1.29, 1.82) is 5.26 Å². The summed E-state index contributed by atoms with van der Waals surface area (Å²) >= 11 is 0. The van der Waals surface area contributed by atoms with Gasteiger partial charge in [-0.15, -0.1) is 0 Å². The average molecular weight is 372 g/mol. The second kappa shape index (κ2) is 7.83. The molecule has 0 radical (unpaired) electrons. The molecule has 0 aromatic heterocycles. The number of aryl methyl sites for hydroxylation is 1. The van der Waals surface area contributed by atoms with Crippen molar-refractivity contribution >= 4 is 5.91 Å². The molecule has 0 atom stereocenters. The minimum absolute atomic E-state index is 0.00163. The molecule has 6 heteroatoms. The number of alkyl halides is 3. The van der Waals surface area contributed by atoms with E-state index in [0.29, 0.717) is 30.5 Å². The molecule has 1 fully saturated rings. The normalized spacial score (nSPS) is 13.9. The standard InChI is InChI=1S/C21H19F3N2O/c22-21(23,24)18-8-5-17(6-9-18)14-26(19-10-11-19)20(27)12-7-15-1-3-16(13-25)4-2-15/h1-6,8-9,19H,7,10-12,14H2. The Morgan fingerprint density at radius 3 is 2.15 bits per heavy atom. The van der Waals surface area contributed by atoms with Gasteiger partial charge in [-0.3, -0.25) is 4.79 Å². The molecule has 0 unspecified atom stereocenters. The van der Waals surface area contributed by atoms with Crippen LogP contribution in [0.1, 0.15) is 41.5 Å². The quantitative estimate of drug-likeness (QED) is 0.738. The number of rotatable bonds is 6. The first-order valence-electron chi connectivity index (χ1n) is 8.81. The zero-order valence-electron chi connectivity index (χ0n) is 14.7. The maximum atomic E-state index is 12.7. The molecule has 0 saturated heterocycles. The lowest BCUT2D eigenvalue weighted by atomic mass is 10.1. The summed E-state index contributed by atoms with van der Waals surface area (Å²) in [4.78, 5) is 14.4. The summed E-state index contributed by atoms with van der Waals surface area (Å²) in [7, 11) is 0. The Hall–Kier alpha value is -2.81. The number of nitrogens with zero attached hydrogens (tertiary/aromatic N) is 2. The van der Waals surface area contributed by atoms with E-state index in [9.17, 15) is 18.0 Å². The van der Waals surface area contributed by atoms with Crippen molar-refractivity contribution in [1.82, 2.24) is 4.90 Å². The Labute approximate surface area is 156 Å². The summed E-state index contributed by atoms with van der Waals surface area (Å²) in [5.74, 6) is 0.00163. The first-order chi connectivity index (χ1) is 12.9. The molecule has 140 valence electrons. The van der Waals surface area contributed by atoms with Crippen LogP contribution in [0.3, 0.4) is 0 Å². The molecule has 1 amide bonds. The van der Waals surface area contributed by atoms with Gasteiger partial charge in [0.2, 0.25) is 5.91 Å². The summed E-state index contributed by atoms with van der Waals surface area (Å²) in [6.07, 6.45) is -1.58. The fourth-order valence-electron chi connectivity index (χ4n) is 2.94. The molecule has 27 heavy (non-hydrogen) atoms. The minimum Gasteiger partial charge on any atom is -0.335 e. The van der Waals surface area contributed by atoms with E-state index in [1.165, 1.54) is 12.1 Å². The molecule has 0 N–H and O–H groups in total. The Balaban J connectivity index is 1.61. The maximum Gasteiger partial charge on any atom is 0.416 e. The minimum atomic E-state index is -4.36. The number of carbonyl (C=O) groups excluding carboxylic acids is 1. The molecule has 1 aliphatic rings. The van der Waals surface area contributed by atoms with Crippen LogP contribution >= 0.6 is 0 Å². The van der Waals surface area contributed by atoms with E-state index >= 15 is 0 Å². The lowest BCUT2D eigenvalue weighted by Gasteiger charge is -2.23. The lowest BCUT2D eigenvalue weighted by Crippen LogP contribution is -2.32. The highest BCUT2D eigenvalue weighted by Crippen LogP contribution is 2.31. The third-order valence-corrected chi connectivity index (χ3v) is 4.65. The molecule has 2 aromatic rings. The first-order valence-corrected chi connectivity index (χ1v) is 8.81. The predicted molar refractivity (Wildman–Crippen MR) is 94.5 cm³/mol. The highest BCUT2D eigenvalue weighted by Gasteiger charge is 2.33. The van der Waals surface area contributed by atoms with Crippen LogP contribution in [0.15, 0.2) is 48.5 Å². The van der Waals surface area contributed by atoms with Gasteiger partial charge in [-0.25, -0.2) is 0 Å². The summed E-state index contributed by atoms with van der Waals surface area (Å²) in [6.45, 7) is 0.328. The number of hydrogen-bond acceptors (Lipinski definition) is 2. The smallest absolute Gasteiger partial charge is 0.335 e. The summed E-state index contributed by atoms with van der Waals surface area (Å²) in [5.41, 5.74) is 1.57. The summed E-state index contributed by atoms with van der Waals surface area (Å²) in [6, 6.07) is 14.3. The SMILES string of the molecule is N#Cc1ccc(CCC(=O)N(Cc2ccc(C(F)(F)F)cc2)C2CC2)cc1.